The van der Waals surface area contributed by atoms with Gasteiger partial charge in [0.25, 0.3) is 5.91 Å². The van der Waals surface area contributed by atoms with Gasteiger partial charge in [0, 0.05) is 37.9 Å². The smallest absolute Gasteiger partial charge is 0.273 e. The normalized spacial score (nSPS) is 11.5. The van der Waals surface area contributed by atoms with E-state index in [0.29, 0.717) is 12.4 Å². The van der Waals surface area contributed by atoms with E-state index in [1.165, 1.54) is 23.9 Å². The second-order valence-corrected chi connectivity index (χ2v) is 7.48. The molecule has 0 unspecified atom stereocenters. The minimum absolute atomic E-state index is 0.0229. The zero-order chi connectivity index (χ0) is 18.7. The van der Waals surface area contributed by atoms with Gasteiger partial charge in [-0.15, -0.1) is 0 Å². The summed E-state index contributed by atoms with van der Waals surface area (Å²) in [5, 5.41) is 6.95. The second-order valence-electron chi connectivity index (χ2n) is 5.59. The summed E-state index contributed by atoms with van der Waals surface area (Å²) in [5.41, 5.74) is 1.19. The number of pyridine rings is 1. The number of amides is 1. The van der Waals surface area contributed by atoms with Crippen LogP contribution in [0.5, 0.6) is 0 Å². The van der Waals surface area contributed by atoms with Crippen LogP contribution in [0.15, 0.2) is 53.9 Å². The lowest BCUT2D eigenvalue weighted by molar-refractivity contribution is 0.101. The number of aryl methyl sites for hydroxylation is 1. The number of nitrogens with one attached hydrogen (secondary N) is 2. The van der Waals surface area contributed by atoms with Gasteiger partial charge in [-0.25, -0.2) is 13.1 Å². The molecule has 0 aromatic carbocycles. The van der Waals surface area contributed by atoms with Crippen molar-refractivity contribution in [1.82, 2.24) is 24.1 Å². The van der Waals surface area contributed by atoms with Crippen LogP contribution in [0.3, 0.4) is 0 Å². The molecule has 3 heterocycles. The highest BCUT2D eigenvalue weighted by atomic mass is 32.2. The Hall–Kier alpha value is -2.98. The molecule has 0 aliphatic carbocycles. The van der Waals surface area contributed by atoms with Crippen molar-refractivity contribution in [3.05, 3.63) is 60.3 Å². The quantitative estimate of drug-likeness (QED) is 0.664. The first-order chi connectivity index (χ1) is 12.4. The largest absolute Gasteiger partial charge is 0.345 e. The van der Waals surface area contributed by atoms with E-state index in [1.54, 1.807) is 36.4 Å². The summed E-state index contributed by atoms with van der Waals surface area (Å²) in [7, 11) is -0.695. The van der Waals surface area contributed by atoms with Gasteiger partial charge in [-0.1, -0.05) is 6.07 Å². The van der Waals surface area contributed by atoms with Crippen molar-refractivity contribution in [2.45, 2.75) is 11.4 Å². The van der Waals surface area contributed by atoms with Crippen LogP contribution < -0.4 is 10.0 Å². The average Bonchev–Trinajstić information content (AvgIpc) is 3.22. The summed E-state index contributed by atoms with van der Waals surface area (Å²) in [6, 6.07) is 6.75. The van der Waals surface area contributed by atoms with Crippen LogP contribution in [0.4, 0.5) is 5.82 Å². The molecule has 0 saturated carbocycles. The van der Waals surface area contributed by atoms with Crippen molar-refractivity contribution in [2.24, 2.45) is 7.05 Å². The monoisotopic (exact) mass is 374 g/mol. The molecule has 1 amide bonds. The van der Waals surface area contributed by atoms with Gasteiger partial charge in [0.1, 0.15) is 10.6 Å². The molecule has 26 heavy (non-hydrogen) atoms. The number of rotatable bonds is 6. The number of hydrogen-bond acceptors (Lipinski definition) is 5. The average molecular weight is 374 g/mol. The summed E-state index contributed by atoms with van der Waals surface area (Å²) in [4.78, 5) is 16.5. The minimum Gasteiger partial charge on any atom is -0.345 e. The zero-order valence-corrected chi connectivity index (χ0v) is 15.1. The molecule has 3 aromatic rings. The summed E-state index contributed by atoms with van der Waals surface area (Å²) in [6.45, 7) is 0.526. The van der Waals surface area contributed by atoms with Gasteiger partial charge in [-0.05, 0) is 24.7 Å². The predicted octanol–water partition coefficient (Wildman–Crippen LogP) is 0.825. The van der Waals surface area contributed by atoms with Crippen LogP contribution >= 0.6 is 0 Å². The third kappa shape index (κ3) is 3.81. The van der Waals surface area contributed by atoms with E-state index in [-0.39, 0.29) is 10.6 Å². The first-order valence-electron chi connectivity index (χ1n) is 7.72. The van der Waals surface area contributed by atoms with E-state index in [4.69, 9.17) is 0 Å². The Bertz CT molecular complexity index is 1020. The molecule has 3 aromatic heterocycles. The SMILES string of the molecule is CNS(=O)(=O)c1cc(C(=O)Nc2ccn(Cc3cccnc3)n2)n(C)c1. The van der Waals surface area contributed by atoms with E-state index in [2.05, 4.69) is 20.1 Å². The summed E-state index contributed by atoms with van der Waals surface area (Å²) in [5.74, 6) is -0.0743. The number of nitrogens with zero attached hydrogens (tertiary/aromatic N) is 4. The van der Waals surface area contributed by atoms with E-state index in [0.717, 1.165) is 5.56 Å². The van der Waals surface area contributed by atoms with Crippen LogP contribution in [0.2, 0.25) is 0 Å². The van der Waals surface area contributed by atoms with Crippen LogP contribution in [-0.4, -0.2) is 40.7 Å². The molecule has 136 valence electrons. The fraction of sp³-hybridized carbons (Fsp3) is 0.188. The molecule has 0 bridgehead atoms. The van der Waals surface area contributed by atoms with Crippen LogP contribution in [0.25, 0.3) is 0 Å². The number of carbonyl (C=O) groups is 1. The summed E-state index contributed by atoms with van der Waals surface area (Å²) >= 11 is 0. The first kappa shape index (κ1) is 17.8. The molecule has 0 aliphatic heterocycles. The molecule has 0 fully saturated rings. The van der Waals surface area contributed by atoms with Crippen molar-refractivity contribution in [1.29, 1.82) is 0 Å². The van der Waals surface area contributed by atoms with Crippen molar-refractivity contribution >= 4 is 21.7 Å². The number of hydrogen-bond donors (Lipinski definition) is 2. The van der Waals surface area contributed by atoms with E-state index in [1.807, 2.05) is 12.1 Å². The van der Waals surface area contributed by atoms with Crippen molar-refractivity contribution in [3.63, 3.8) is 0 Å². The van der Waals surface area contributed by atoms with Crippen molar-refractivity contribution in [2.75, 3.05) is 12.4 Å². The Kier molecular flexibility index (Phi) is 4.87. The van der Waals surface area contributed by atoms with Gasteiger partial charge in [-0.3, -0.25) is 14.5 Å². The Labute approximate surface area is 150 Å². The Morgan fingerprint density at radius 2 is 2.12 bits per heavy atom. The zero-order valence-electron chi connectivity index (χ0n) is 14.2. The van der Waals surface area contributed by atoms with Gasteiger partial charge in [0.2, 0.25) is 10.0 Å². The standard InChI is InChI=1S/C16H18N6O3S/c1-17-26(24,25)13-8-14(21(2)11-13)16(23)19-15-5-7-22(20-15)10-12-4-3-6-18-9-12/h3-9,11,17H,10H2,1-2H3,(H,19,20,23). The van der Waals surface area contributed by atoms with Gasteiger partial charge in [0.15, 0.2) is 5.82 Å². The van der Waals surface area contributed by atoms with Gasteiger partial charge in [0.05, 0.1) is 6.54 Å². The second kappa shape index (κ2) is 7.10. The lowest BCUT2D eigenvalue weighted by atomic mass is 10.3. The molecule has 0 saturated heterocycles. The Morgan fingerprint density at radius 3 is 2.81 bits per heavy atom. The van der Waals surface area contributed by atoms with Crippen molar-refractivity contribution < 1.29 is 13.2 Å². The molecule has 9 nitrogen and oxygen atoms in total. The molecule has 0 radical (unpaired) electrons. The van der Waals surface area contributed by atoms with E-state index < -0.39 is 15.9 Å². The predicted molar refractivity (Wildman–Crippen MR) is 95.2 cm³/mol. The van der Waals surface area contributed by atoms with Gasteiger partial charge in [-0.2, -0.15) is 5.10 Å². The highest BCUT2D eigenvalue weighted by Crippen LogP contribution is 2.15. The molecule has 0 atom stereocenters. The minimum atomic E-state index is -3.61. The fourth-order valence-electron chi connectivity index (χ4n) is 2.40. The maximum Gasteiger partial charge on any atom is 0.273 e. The lowest BCUT2D eigenvalue weighted by Crippen LogP contribution is -2.18. The number of anilines is 1. The lowest BCUT2D eigenvalue weighted by Gasteiger charge is -2.03. The maximum absolute atomic E-state index is 12.4. The number of sulfonamides is 1. The van der Waals surface area contributed by atoms with Gasteiger partial charge >= 0.3 is 0 Å². The maximum atomic E-state index is 12.4. The molecule has 0 aliphatic rings. The highest BCUT2D eigenvalue weighted by Gasteiger charge is 2.19. The number of carbonyl (C=O) groups excluding carboxylic acids is 1. The molecule has 2 N–H and O–H groups in total. The van der Waals surface area contributed by atoms with Crippen molar-refractivity contribution in [3.8, 4) is 0 Å². The van der Waals surface area contributed by atoms with Crippen LogP contribution in [0.1, 0.15) is 16.1 Å². The Balaban J connectivity index is 1.73. The van der Waals surface area contributed by atoms with Gasteiger partial charge < -0.3 is 9.88 Å². The molecule has 0 spiro atoms. The first-order valence-corrected chi connectivity index (χ1v) is 9.21. The molecule has 10 heteroatoms. The molecular weight excluding hydrogens is 356 g/mol. The topological polar surface area (TPSA) is 111 Å². The summed E-state index contributed by atoms with van der Waals surface area (Å²) in [6.07, 6.45) is 6.56. The van der Waals surface area contributed by atoms with Crippen LogP contribution in [0, 0.1) is 0 Å². The third-order valence-electron chi connectivity index (χ3n) is 3.74. The third-order valence-corrected chi connectivity index (χ3v) is 5.12. The highest BCUT2D eigenvalue weighted by molar-refractivity contribution is 7.89. The Morgan fingerprint density at radius 1 is 1.31 bits per heavy atom. The van der Waals surface area contributed by atoms with E-state index in [9.17, 15) is 13.2 Å². The molecule has 3 rings (SSSR count). The van der Waals surface area contributed by atoms with E-state index >= 15 is 0 Å². The molecular formula is C16H18N6O3S. The van der Waals surface area contributed by atoms with Crippen LogP contribution in [-0.2, 0) is 23.6 Å². The number of aromatic nitrogens is 4. The fourth-order valence-corrected chi connectivity index (χ4v) is 3.20. The summed E-state index contributed by atoms with van der Waals surface area (Å²) < 4.78 is 29.0.